The largest absolute Gasteiger partial charge is 0.481 e. The lowest BCUT2D eigenvalue weighted by Gasteiger charge is -2.28. The molecule has 0 radical (unpaired) electrons. The molecule has 0 spiro atoms. The van der Waals surface area contributed by atoms with Gasteiger partial charge in [0.1, 0.15) is 6.04 Å². The highest BCUT2D eigenvalue weighted by Gasteiger charge is 2.34. The number of carbonyl (C=O) groups excluding carboxylic acids is 1. The van der Waals surface area contributed by atoms with Gasteiger partial charge in [0.2, 0.25) is 11.9 Å². The van der Waals surface area contributed by atoms with Crippen LogP contribution < -0.4 is 4.90 Å². The van der Waals surface area contributed by atoms with E-state index in [-0.39, 0.29) is 18.5 Å². The Kier molecular flexibility index (Phi) is 4.72. The number of aliphatic carboxylic acids is 1. The first-order chi connectivity index (χ1) is 10.0. The average Bonchev–Trinajstić information content (AvgIpc) is 2.96. The van der Waals surface area contributed by atoms with Crippen molar-refractivity contribution in [3.63, 3.8) is 0 Å². The summed E-state index contributed by atoms with van der Waals surface area (Å²) in [6.07, 6.45) is 4.94. The summed E-state index contributed by atoms with van der Waals surface area (Å²) in [7, 11) is 1.64. The van der Waals surface area contributed by atoms with Crippen LogP contribution in [-0.4, -0.2) is 58.0 Å². The van der Waals surface area contributed by atoms with Gasteiger partial charge >= 0.3 is 5.97 Å². The molecule has 1 saturated heterocycles. The predicted molar refractivity (Wildman–Crippen MR) is 76.8 cm³/mol. The Balaban J connectivity index is 2.05. The van der Waals surface area contributed by atoms with Gasteiger partial charge in [-0.15, -0.1) is 0 Å². The highest BCUT2D eigenvalue weighted by atomic mass is 16.4. The zero-order valence-electron chi connectivity index (χ0n) is 12.3. The van der Waals surface area contributed by atoms with Crippen molar-refractivity contribution in [3.05, 3.63) is 18.5 Å². The van der Waals surface area contributed by atoms with Crippen LogP contribution in [0.4, 0.5) is 5.95 Å². The van der Waals surface area contributed by atoms with Gasteiger partial charge in [0.05, 0.1) is 5.92 Å². The molecule has 0 aliphatic carbocycles. The Morgan fingerprint density at radius 2 is 2.14 bits per heavy atom. The molecule has 0 saturated carbocycles. The van der Waals surface area contributed by atoms with Crippen LogP contribution in [0.5, 0.6) is 0 Å². The second-order valence-corrected chi connectivity index (χ2v) is 5.36. The molecule has 1 aromatic heterocycles. The van der Waals surface area contributed by atoms with E-state index in [9.17, 15) is 9.59 Å². The van der Waals surface area contributed by atoms with Gasteiger partial charge in [0.15, 0.2) is 0 Å². The quantitative estimate of drug-likeness (QED) is 0.856. The molecule has 1 N–H and O–H groups in total. The Morgan fingerprint density at radius 3 is 2.76 bits per heavy atom. The molecular weight excluding hydrogens is 272 g/mol. The van der Waals surface area contributed by atoms with E-state index in [1.54, 1.807) is 32.4 Å². The third-order valence-electron chi connectivity index (χ3n) is 3.69. The van der Waals surface area contributed by atoms with E-state index in [1.807, 2.05) is 4.90 Å². The maximum Gasteiger partial charge on any atom is 0.308 e. The van der Waals surface area contributed by atoms with E-state index in [2.05, 4.69) is 9.97 Å². The fourth-order valence-electron chi connectivity index (χ4n) is 2.54. The Bertz CT molecular complexity index is 508. The van der Waals surface area contributed by atoms with Crippen LogP contribution in [0.15, 0.2) is 18.5 Å². The van der Waals surface area contributed by atoms with Crippen LogP contribution in [0.1, 0.15) is 19.8 Å². The summed E-state index contributed by atoms with van der Waals surface area (Å²) in [6.45, 7) is 2.54. The summed E-state index contributed by atoms with van der Waals surface area (Å²) in [6, 6.07) is 1.43. The van der Waals surface area contributed by atoms with Gasteiger partial charge in [-0.05, 0) is 18.9 Å². The smallest absolute Gasteiger partial charge is 0.308 e. The zero-order valence-corrected chi connectivity index (χ0v) is 12.3. The fourth-order valence-corrected chi connectivity index (χ4v) is 2.54. The van der Waals surface area contributed by atoms with Gasteiger partial charge in [-0.3, -0.25) is 9.59 Å². The second kappa shape index (κ2) is 6.51. The summed E-state index contributed by atoms with van der Waals surface area (Å²) in [4.78, 5) is 35.2. The SMILES string of the molecule is CC(CN(C)C(=O)C1CCCN1c1ncccn1)C(=O)O. The molecule has 1 aromatic rings. The van der Waals surface area contributed by atoms with Crippen LogP contribution in [0.25, 0.3) is 0 Å². The van der Waals surface area contributed by atoms with Crippen LogP contribution in [0.3, 0.4) is 0 Å². The van der Waals surface area contributed by atoms with E-state index in [1.165, 1.54) is 4.90 Å². The Labute approximate surface area is 123 Å². The van der Waals surface area contributed by atoms with Crippen molar-refractivity contribution in [1.29, 1.82) is 0 Å². The van der Waals surface area contributed by atoms with E-state index in [0.29, 0.717) is 5.95 Å². The molecule has 2 unspecified atom stereocenters. The standard InChI is InChI=1S/C14H20N4O3/c1-10(13(20)21)9-17(2)12(19)11-5-3-8-18(11)14-15-6-4-7-16-14/h4,6-7,10-11H,3,5,8-9H2,1-2H3,(H,20,21). The van der Waals surface area contributed by atoms with Gasteiger partial charge in [-0.1, -0.05) is 6.92 Å². The van der Waals surface area contributed by atoms with E-state index in [4.69, 9.17) is 5.11 Å². The summed E-state index contributed by atoms with van der Waals surface area (Å²) < 4.78 is 0. The van der Waals surface area contributed by atoms with Crippen molar-refractivity contribution in [2.24, 2.45) is 5.92 Å². The third-order valence-corrected chi connectivity index (χ3v) is 3.69. The molecule has 7 heteroatoms. The lowest BCUT2D eigenvalue weighted by molar-refractivity contribution is -0.142. The van der Waals surface area contributed by atoms with E-state index < -0.39 is 11.9 Å². The second-order valence-electron chi connectivity index (χ2n) is 5.36. The molecule has 1 amide bonds. The maximum atomic E-state index is 12.5. The molecule has 1 fully saturated rings. The number of nitrogens with zero attached hydrogens (tertiary/aromatic N) is 4. The van der Waals surface area contributed by atoms with Gasteiger partial charge < -0.3 is 14.9 Å². The first kappa shape index (κ1) is 15.2. The monoisotopic (exact) mass is 292 g/mol. The van der Waals surface area contributed by atoms with Gasteiger partial charge in [-0.2, -0.15) is 0 Å². The lowest BCUT2D eigenvalue weighted by Crippen LogP contribution is -2.46. The van der Waals surface area contributed by atoms with Gasteiger partial charge in [0.25, 0.3) is 0 Å². The lowest BCUT2D eigenvalue weighted by atomic mass is 10.1. The summed E-state index contributed by atoms with van der Waals surface area (Å²) >= 11 is 0. The summed E-state index contributed by atoms with van der Waals surface area (Å²) in [5, 5.41) is 8.94. The third kappa shape index (κ3) is 3.48. The minimum Gasteiger partial charge on any atom is -0.481 e. The summed E-state index contributed by atoms with van der Waals surface area (Å²) in [5.41, 5.74) is 0. The Hall–Kier alpha value is -2.18. The first-order valence-corrected chi connectivity index (χ1v) is 7.02. The minimum atomic E-state index is -0.899. The highest BCUT2D eigenvalue weighted by Crippen LogP contribution is 2.23. The molecule has 21 heavy (non-hydrogen) atoms. The van der Waals surface area contributed by atoms with E-state index >= 15 is 0 Å². The molecule has 2 heterocycles. The van der Waals surface area contributed by atoms with Crippen molar-refractivity contribution >= 4 is 17.8 Å². The number of anilines is 1. The number of carboxylic acids is 1. The maximum absolute atomic E-state index is 12.5. The zero-order chi connectivity index (χ0) is 15.4. The highest BCUT2D eigenvalue weighted by molar-refractivity contribution is 5.85. The fraction of sp³-hybridized carbons (Fsp3) is 0.571. The number of carboxylic acid groups (broad SMARTS) is 1. The van der Waals surface area contributed by atoms with Crippen molar-refractivity contribution < 1.29 is 14.7 Å². The van der Waals surface area contributed by atoms with Gasteiger partial charge in [-0.25, -0.2) is 9.97 Å². The van der Waals surface area contributed by atoms with Crippen molar-refractivity contribution in [2.75, 3.05) is 25.0 Å². The van der Waals surface area contributed by atoms with Crippen molar-refractivity contribution in [2.45, 2.75) is 25.8 Å². The first-order valence-electron chi connectivity index (χ1n) is 7.02. The van der Waals surface area contributed by atoms with Crippen LogP contribution in [0.2, 0.25) is 0 Å². The number of aromatic nitrogens is 2. The number of hydrogen-bond donors (Lipinski definition) is 1. The van der Waals surface area contributed by atoms with Gasteiger partial charge in [0, 0.05) is 32.5 Å². The van der Waals surface area contributed by atoms with Crippen molar-refractivity contribution in [3.8, 4) is 0 Å². The van der Waals surface area contributed by atoms with E-state index in [0.717, 1.165) is 19.4 Å². The number of amides is 1. The van der Waals surface area contributed by atoms with Crippen molar-refractivity contribution in [1.82, 2.24) is 14.9 Å². The van der Waals surface area contributed by atoms with Crippen LogP contribution in [0, 0.1) is 5.92 Å². The normalized spacial score (nSPS) is 19.3. The molecule has 114 valence electrons. The predicted octanol–water partition coefficient (Wildman–Crippen LogP) is 0.624. The molecule has 2 atom stereocenters. The molecule has 0 bridgehead atoms. The molecule has 7 nitrogen and oxygen atoms in total. The number of rotatable bonds is 5. The number of hydrogen-bond acceptors (Lipinski definition) is 5. The molecule has 0 aromatic carbocycles. The van der Waals surface area contributed by atoms with Crippen LogP contribution in [-0.2, 0) is 9.59 Å². The topological polar surface area (TPSA) is 86.6 Å². The number of likely N-dealkylation sites (N-methyl/N-ethyl adjacent to an activating group) is 1. The molecule has 1 aliphatic heterocycles. The molecule has 2 rings (SSSR count). The Morgan fingerprint density at radius 1 is 1.48 bits per heavy atom. The number of carbonyl (C=O) groups is 2. The molecule has 1 aliphatic rings. The summed E-state index contributed by atoms with van der Waals surface area (Å²) in [5.74, 6) is -1.01. The minimum absolute atomic E-state index is 0.0759. The van der Waals surface area contributed by atoms with Crippen LogP contribution >= 0.6 is 0 Å². The molecular formula is C14H20N4O3. The average molecular weight is 292 g/mol.